The second kappa shape index (κ2) is 18.9. The molecule has 5 nitrogen and oxygen atoms in total. The molecule has 41 heavy (non-hydrogen) atoms. The SMILES string of the molecule is CC#CC#CC#CC#CC#CC#CC#CC#CC#CC.O=Cc1cc(OCc2cnc3[nH]ccc3c2)c(O)cc1Br. The van der Waals surface area contributed by atoms with Crippen LogP contribution in [0, 0.1) is 107 Å². The van der Waals surface area contributed by atoms with Gasteiger partial charge in [0.15, 0.2) is 17.8 Å². The lowest BCUT2D eigenvalue weighted by molar-refractivity contribution is 0.112. The van der Waals surface area contributed by atoms with Gasteiger partial charge >= 0.3 is 0 Å². The van der Waals surface area contributed by atoms with Crippen molar-refractivity contribution in [1.29, 1.82) is 0 Å². The first-order valence-corrected chi connectivity index (χ1v) is 12.2. The molecular formula is C35H17BrN2O3. The standard InChI is InChI=1S/C20H6.C15H11BrN2O3/c1-3-5-7-9-11-13-15-17-19-20-18-16-14-12-10-8-6-4-2;16-12-5-13(20)14(4-11(12)7-19)21-8-9-3-10-1-2-17-15(10)18-6-9/h1-2H3;1-7,20H,8H2,(H,17,18). The summed E-state index contributed by atoms with van der Waals surface area (Å²) < 4.78 is 6.09. The number of ether oxygens (including phenoxy) is 1. The highest BCUT2D eigenvalue weighted by Gasteiger charge is 2.09. The number of nitrogens with one attached hydrogen (secondary N) is 1. The highest BCUT2D eigenvalue weighted by molar-refractivity contribution is 9.10. The molecular weight excluding hydrogens is 576 g/mol. The van der Waals surface area contributed by atoms with Crippen LogP contribution in [0.25, 0.3) is 11.0 Å². The van der Waals surface area contributed by atoms with E-state index in [1.807, 2.05) is 18.3 Å². The zero-order valence-corrected chi connectivity index (χ0v) is 23.4. The molecule has 1 aromatic carbocycles. The Kier molecular flexibility index (Phi) is 14.2. The second-order valence-corrected chi connectivity index (χ2v) is 7.86. The molecule has 0 spiro atoms. The van der Waals surface area contributed by atoms with E-state index in [1.165, 1.54) is 12.1 Å². The van der Waals surface area contributed by atoms with E-state index in [0.29, 0.717) is 16.3 Å². The van der Waals surface area contributed by atoms with Crippen LogP contribution in [0.5, 0.6) is 11.5 Å². The predicted octanol–water partition coefficient (Wildman–Crippen LogP) is 4.48. The Morgan fingerprint density at radius 2 is 1.34 bits per heavy atom. The van der Waals surface area contributed by atoms with Crippen molar-refractivity contribution in [3.63, 3.8) is 0 Å². The summed E-state index contributed by atoms with van der Waals surface area (Å²) in [6.45, 7) is 3.66. The summed E-state index contributed by atoms with van der Waals surface area (Å²) in [6.07, 6.45) is 4.22. The van der Waals surface area contributed by atoms with E-state index in [2.05, 4.69) is 132 Å². The quantitative estimate of drug-likeness (QED) is 0.346. The molecule has 0 radical (unpaired) electrons. The predicted molar refractivity (Wildman–Crippen MR) is 163 cm³/mol. The fraction of sp³-hybridized carbons (Fsp3) is 0.0857. The van der Waals surface area contributed by atoms with Gasteiger partial charge in [0.1, 0.15) is 12.3 Å². The highest BCUT2D eigenvalue weighted by Crippen LogP contribution is 2.32. The monoisotopic (exact) mass is 592 g/mol. The highest BCUT2D eigenvalue weighted by atomic mass is 79.9. The van der Waals surface area contributed by atoms with E-state index in [0.717, 1.165) is 16.6 Å². The van der Waals surface area contributed by atoms with Crippen LogP contribution in [0.1, 0.15) is 29.8 Å². The van der Waals surface area contributed by atoms with Gasteiger partial charge in [0.25, 0.3) is 0 Å². The number of aldehydes is 1. The van der Waals surface area contributed by atoms with Crippen molar-refractivity contribution < 1.29 is 14.6 Å². The summed E-state index contributed by atoms with van der Waals surface area (Å²) in [4.78, 5) is 18.2. The molecule has 6 heteroatoms. The number of fused-ring (bicyclic) bond motifs is 1. The van der Waals surface area contributed by atoms with Crippen LogP contribution < -0.4 is 4.74 Å². The topological polar surface area (TPSA) is 75.2 Å². The molecule has 0 saturated heterocycles. The minimum absolute atomic E-state index is 0.0249. The van der Waals surface area contributed by atoms with Gasteiger partial charge in [-0.15, -0.1) is 0 Å². The fourth-order valence-electron chi connectivity index (χ4n) is 2.55. The number of hydrogen-bond donors (Lipinski definition) is 2. The van der Waals surface area contributed by atoms with Crippen molar-refractivity contribution in [2.75, 3.05) is 0 Å². The Balaban J connectivity index is 0.000000288. The number of nitrogens with zero attached hydrogens (tertiary/aromatic N) is 1. The summed E-state index contributed by atoms with van der Waals surface area (Å²) in [5, 5.41) is 10.8. The molecule has 0 amide bonds. The molecule has 0 aliphatic heterocycles. The maximum absolute atomic E-state index is 10.9. The normalized spacial score (nSPS) is 7.39. The third-order valence-electron chi connectivity index (χ3n) is 4.24. The van der Waals surface area contributed by atoms with Crippen molar-refractivity contribution in [2.24, 2.45) is 0 Å². The van der Waals surface area contributed by atoms with Gasteiger partial charge < -0.3 is 14.8 Å². The Bertz CT molecular complexity index is 1940. The average molecular weight is 593 g/mol. The Labute approximate surface area is 248 Å². The lowest BCUT2D eigenvalue weighted by Gasteiger charge is -2.09. The smallest absolute Gasteiger partial charge is 0.162 e. The van der Waals surface area contributed by atoms with E-state index in [4.69, 9.17) is 4.74 Å². The number of halogens is 1. The minimum Gasteiger partial charge on any atom is -0.504 e. The van der Waals surface area contributed by atoms with Gasteiger partial charge in [0.2, 0.25) is 0 Å². The molecule has 0 aliphatic carbocycles. The lowest BCUT2D eigenvalue weighted by atomic mass is 10.2. The molecule has 0 aliphatic rings. The molecule has 2 heterocycles. The maximum Gasteiger partial charge on any atom is 0.162 e. The van der Waals surface area contributed by atoms with E-state index in [-0.39, 0.29) is 18.1 Å². The number of rotatable bonds is 4. The van der Waals surface area contributed by atoms with E-state index in [1.54, 1.807) is 20.0 Å². The zero-order chi connectivity index (χ0) is 29.5. The summed E-state index contributed by atoms with van der Waals surface area (Å²) in [7, 11) is 0. The number of hydrogen-bond acceptors (Lipinski definition) is 4. The van der Waals surface area contributed by atoms with Gasteiger partial charge in [-0.25, -0.2) is 4.98 Å². The van der Waals surface area contributed by atoms with Crippen molar-refractivity contribution >= 4 is 33.2 Å². The maximum atomic E-state index is 10.9. The van der Waals surface area contributed by atoms with Crippen LogP contribution in [-0.4, -0.2) is 21.4 Å². The minimum atomic E-state index is -0.0249. The van der Waals surface area contributed by atoms with Crippen LogP contribution in [0.4, 0.5) is 0 Å². The third kappa shape index (κ3) is 12.2. The summed E-state index contributed by atoms with van der Waals surface area (Å²) in [5.74, 6) is 45.8. The van der Waals surface area contributed by atoms with E-state index < -0.39 is 0 Å². The number of aromatic hydroxyl groups is 1. The molecule has 0 fully saturated rings. The van der Waals surface area contributed by atoms with Crippen molar-refractivity contribution in [3.05, 3.63) is 52.3 Å². The van der Waals surface area contributed by atoms with Crippen molar-refractivity contribution in [1.82, 2.24) is 9.97 Å². The Morgan fingerprint density at radius 3 is 1.83 bits per heavy atom. The number of pyridine rings is 1. The van der Waals surface area contributed by atoms with Crippen molar-refractivity contribution in [2.45, 2.75) is 20.5 Å². The first kappa shape index (κ1) is 30.9. The summed E-state index contributed by atoms with van der Waals surface area (Å²) in [5.41, 5.74) is 2.10. The van der Waals surface area contributed by atoms with Gasteiger partial charge in [-0.3, -0.25) is 4.79 Å². The number of phenols is 1. The van der Waals surface area contributed by atoms with Crippen LogP contribution in [0.15, 0.2) is 41.1 Å². The van der Waals surface area contributed by atoms with E-state index in [9.17, 15) is 9.90 Å². The summed E-state index contributed by atoms with van der Waals surface area (Å²) >= 11 is 3.20. The lowest BCUT2D eigenvalue weighted by Crippen LogP contribution is -1.97. The Hall–Kier alpha value is -6.30. The van der Waals surface area contributed by atoms with Gasteiger partial charge in [-0.05, 0) is 149 Å². The largest absolute Gasteiger partial charge is 0.504 e. The fourth-order valence-corrected chi connectivity index (χ4v) is 2.98. The average Bonchev–Trinajstić information content (AvgIpc) is 3.45. The number of benzene rings is 1. The third-order valence-corrected chi connectivity index (χ3v) is 4.93. The van der Waals surface area contributed by atoms with Gasteiger partial charge in [0, 0.05) is 33.4 Å². The van der Waals surface area contributed by atoms with Crippen LogP contribution >= 0.6 is 15.9 Å². The van der Waals surface area contributed by atoms with Gasteiger partial charge in [0.05, 0.1) is 0 Å². The molecule has 3 rings (SSSR count). The van der Waals surface area contributed by atoms with Crippen LogP contribution in [0.2, 0.25) is 0 Å². The number of carbonyl (C=O) groups is 1. The molecule has 0 bridgehead atoms. The first-order valence-electron chi connectivity index (χ1n) is 11.4. The Morgan fingerprint density at radius 1 is 0.829 bits per heavy atom. The molecule has 0 unspecified atom stereocenters. The molecule has 0 atom stereocenters. The molecule has 2 N–H and O–H groups in total. The second-order valence-electron chi connectivity index (χ2n) is 7.01. The van der Waals surface area contributed by atoms with Gasteiger partial charge in [-0.2, -0.15) is 0 Å². The zero-order valence-electron chi connectivity index (χ0n) is 21.8. The van der Waals surface area contributed by atoms with Crippen LogP contribution in [0.3, 0.4) is 0 Å². The molecule has 2 aromatic heterocycles. The van der Waals surface area contributed by atoms with E-state index >= 15 is 0 Å². The number of aromatic amines is 1. The number of aromatic nitrogens is 2. The summed E-state index contributed by atoms with van der Waals surface area (Å²) in [6, 6.07) is 6.81. The number of carbonyl (C=O) groups excluding carboxylic acids is 1. The van der Waals surface area contributed by atoms with Gasteiger partial charge in [-0.1, -0.05) is 11.8 Å². The molecule has 192 valence electrons. The van der Waals surface area contributed by atoms with Crippen molar-refractivity contribution in [3.8, 4) is 118 Å². The molecule has 0 saturated carbocycles. The molecule has 3 aromatic rings. The first-order chi connectivity index (χ1) is 20.1. The van der Waals surface area contributed by atoms with Crippen LogP contribution in [-0.2, 0) is 6.61 Å². The number of phenolic OH excluding ortho intramolecular Hbond substituents is 1. The number of H-pyrrole nitrogens is 1.